The van der Waals surface area contributed by atoms with E-state index in [-0.39, 0.29) is 23.0 Å². The molecule has 27 heavy (non-hydrogen) atoms. The summed E-state index contributed by atoms with van der Waals surface area (Å²) in [6.07, 6.45) is 0. The van der Waals surface area contributed by atoms with Gasteiger partial charge in [0.1, 0.15) is 0 Å². The van der Waals surface area contributed by atoms with Crippen molar-refractivity contribution in [1.82, 2.24) is 0 Å². The van der Waals surface area contributed by atoms with Gasteiger partial charge in [0.05, 0.1) is 21.3 Å². The highest BCUT2D eigenvalue weighted by Gasteiger charge is 2.16. The smallest absolute Gasteiger partial charge is 0.373 e. The van der Waals surface area contributed by atoms with Gasteiger partial charge in [0.25, 0.3) is 0 Å². The maximum absolute atomic E-state index is 10.9. The molecule has 0 radical (unpaired) electrons. The molecule has 11 nitrogen and oxygen atoms in total. The number of furan rings is 2. The van der Waals surface area contributed by atoms with Crippen LogP contribution in [-0.4, -0.2) is 62.5 Å². The Balaban J connectivity index is 0.000000460. The van der Waals surface area contributed by atoms with Gasteiger partial charge in [-0.15, -0.1) is 0 Å². The van der Waals surface area contributed by atoms with E-state index in [9.17, 15) is 19.2 Å². The molecule has 2 rings (SSSR count). The van der Waals surface area contributed by atoms with Crippen LogP contribution in [0, 0.1) is 0 Å². The number of hydrogen-bond donors (Lipinski definition) is 2. The molecule has 0 atom stereocenters. The van der Waals surface area contributed by atoms with E-state index in [2.05, 4.69) is 18.6 Å². The van der Waals surface area contributed by atoms with Gasteiger partial charge in [-0.1, -0.05) is 0 Å². The summed E-state index contributed by atoms with van der Waals surface area (Å²) in [5.41, 5.74) is 0. The highest BCUT2D eigenvalue weighted by atomic mass is 16.6. The van der Waals surface area contributed by atoms with Crippen molar-refractivity contribution >= 4 is 23.9 Å². The number of carboxylic acid groups (broad SMARTS) is 1. The monoisotopic (exact) mass is 386 g/mol. The molecule has 0 unspecified atom stereocenters. The summed E-state index contributed by atoms with van der Waals surface area (Å²) in [6, 6.07) is 5.13. The van der Waals surface area contributed by atoms with E-state index < -0.39 is 23.9 Å². The minimum atomic E-state index is -1.22. The fraction of sp³-hybridized carbons (Fsp3) is 0.250. The summed E-state index contributed by atoms with van der Waals surface area (Å²) in [6.45, 7) is 0. The van der Waals surface area contributed by atoms with E-state index >= 15 is 0 Å². The molecule has 2 aromatic rings. The van der Waals surface area contributed by atoms with Crippen LogP contribution < -0.4 is 0 Å². The first-order valence-corrected chi connectivity index (χ1v) is 6.96. The van der Waals surface area contributed by atoms with Crippen molar-refractivity contribution in [3.63, 3.8) is 0 Å². The molecule has 0 aromatic carbocycles. The first-order chi connectivity index (χ1) is 12.8. The van der Waals surface area contributed by atoms with Crippen LogP contribution in [0.2, 0.25) is 0 Å². The summed E-state index contributed by atoms with van der Waals surface area (Å²) < 4.78 is 22.5. The number of hydrogen-bond acceptors (Lipinski definition) is 10. The average Bonchev–Trinajstić information content (AvgIpc) is 3.38. The van der Waals surface area contributed by atoms with Gasteiger partial charge < -0.3 is 33.3 Å². The molecule has 0 aliphatic carbocycles. The largest absolute Gasteiger partial charge is 0.475 e. The number of carboxylic acids is 1. The van der Waals surface area contributed by atoms with Gasteiger partial charge in [-0.2, -0.15) is 0 Å². The van der Waals surface area contributed by atoms with Crippen LogP contribution in [0.5, 0.6) is 0 Å². The predicted molar refractivity (Wildman–Crippen MR) is 86.5 cm³/mol. The minimum Gasteiger partial charge on any atom is -0.475 e. The fourth-order valence-corrected chi connectivity index (χ4v) is 1.42. The Morgan fingerprint density at radius 2 is 0.926 bits per heavy atom. The van der Waals surface area contributed by atoms with Crippen LogP contribution in [0.1, 0.15) is 42.2 Å². The van der Waals surface area contributed by atoms with Crippen molar-refractivity contribution < 1.29 is 52.4 Å². The van der Waals surface area contributed by atoms with Gasteiger partial charge in [-0.3, -0.25) is 0 Å². The molecule has 0 saturated carbocycles. The molecule has 0 aliphatic heterocycles. The van der Waals surface area contributed by atoms with Crippen LogP contribution in [-0.2, 0) is 14.2 Å². The summed E-state index contributed by atoms with van der Waals surface area (Å²) in [5.74, 6) is -3.62. The number of carbonyl (C=O) groups is 4. The van der Waals surface area contributed by atoms with Gasteiger partial charge in [-0.25, -0.2) is 19.2 Å². The molecular formula is C16H18O11. The molecule has 0 bridgehead atoms. The van der Waals surface area contributed by atoms with Crippen LogP contribution in [0.25, 0.3) is 0 Å². The van der Waals surface area contributed by atoms with Crippen molar-refractivity contribution in [3.8, 4) is 0 Å². The third-order valence-electron chi connectivity index (χ3n) is 2.58. The lowest BCUT2D eigenvalue weighted by molar-refractivity contribution is 0.0524. The van der Waals surface area contributed by atoms with Crippen molar-refractivity contribution in [3.05, 3.63) is 47.3 Å². The second kappa shape index (κ2) is 11.9. The Morgan fingerprint density at radius 3 is 1.15 bits per heavy atom. The van der Waals surface area contributed by atoms with Gasteiger partial charge >= 0.3 is 23.9 Å². The second-order valence-corrected chi connectivity index (χ2v) is 4.11. The molecule has 2 N–H and O–H groups in total. The number of aliphatic hydroxyl groups excluding tert-OH is 1. The lowest BCUT2D eigenvalue weighted by atomic mass is 10.4. The van der Waals surface area contributed by atoms with E-state index in [1.807, 2.05) is 0 Å². The van der Waals surface area contributed by atoms with E-state index in [1.165, 1.54) is 45.6 Å². The molecule has 2 heterocycles. The van der Waals surface area contributed by atoms with Gasteiger partial charge in [0.2, 0.25) is 23.0 Å². The van der Waals surface area contributed by atoms with E-state index in [4.69, 9.17) is 14.6 Å². The second-order valence-electron chi connectivity index (χ2n) is 4.11. The molecule has 148 valence electrons. The van der Waals surface area contributed by atoms with Crippen LogP contribution in [0.15, 0.2) is 33.1 Å². The molecule has 2 aromatic heterocycles. The summed E-state index contributed by atoms with van der Waals surface area (Å²) >= 11 is 0. The lowest BCUT2D eigenvalue weighted by Gasteiger charge is -1.93. The number of aromatic carboxylic acids is 1. The van der Waals surface area contributed by atoms with Gasteiger partial charge in [-0.05, 0) is 24.3 Å². The average molecular weight is 386 g/mol. The topological polar surface area (TPSA) is 163 Å². The maximum Gasteiger partial charge on any atom is 0.373 e. The summed E-state index contributed by atoms with van der Waals surface area (Å²) in [4.78, 5) is 42.8. The van der Waals surface area contributed by atoms with Crippen molar-refractivity contribution in [1.29, 1.82) is 0 Å². The maximum atomic E-state index is 10.9. The zero-order valence-corrected chi connectivity index (χ0v) is 14.9. The molecular weight excluding hydrogens is 368 g/mol. The van der Waals surface area contributed by atoms with Crippen molar-refractivity contribution in [2.75, 3.05) is 28.4 Å². The molecule has 0 saturated heterocycles. The quantitative estimate of drug-likeness (QED) is 0.573. The van der Waals surface area contributed by atoms with Crippen molar-refractivity contribution in [2.45, 2.75) is 0 Å². The van der Waals surface area contributed by atoms with Crippen LogP contribution in [0.4, 0.5) is 0 Å². The van der Waals surface area contributed by atoms with Crippen LogP contribution in [0.3, 0.4) is 0 Å². The highest BCUT2D eigenvalue weighted by molar-refractivity contribution is 5.91. The Kier molecular flexibility index (Phi) is 10.3. The number of ether oxygens (including phenoxy) is 3. The van der Waals surface area contributed by atoms with Crippen LogP contribution >= 0.6 is 0 Å². The van der Waals surface area contributed by atoms with E-state index in [0.29, 0.717) is 0 Å². The van der Waals surface area contributed by atoms with E-state index in [1.54, 1.807) is 0 Å². The van der Waals surface area contributed by atoms with Gasteiger partial charge in [0.15, 0.2) is 0 Å². The third kappa shape index (κ3) is 7.04. The van der Waals surface area contributed by atoms with Crippen molar-refractivity contribution in [2.24, 2.45) is 0 Å². The Hall–Kier alpha value is -3.60. The number of methoxy groups -OCH3 is 3. The van der Waals surface area contributed by atoms with E-state index in [0.717, 1.165) is 7.11 Å². The molecule has 0 aliphatic rings. The lowest BCUT2D eigenvalue weighted by Crippen LogP contribution is -2.00. The first kappa shape index (κ1) is 23.4. The zero-order valence-electron chi connectivity index (χ0n) is 14.9. The molecule has 0 spiro atoms. The number of esters is 3. The summed E-state index contributed by atoms with van der Waals surface area (Å²) in [7, 11) is 4.64. The minimum absolute atomic E-state index is 0.0251. The standard InChI is InChI=1S/C8H8O5.C7H6O5.CH4O/c1-11-7(9)5-3-4-6(13-5)8(10)12-2;1-11-7(10)5-3-2-4(12-5)6(8)9;1-2/h3-4H,1-2H3;2-3H,1H3,(H,8,9);2H,1H3. The number of rotatable bonds is 4. The Labute approximate surface area is 153 Å². The SMILES string of the molecule is CO.COC(=O)c1ccc(C(=O)O)o1.COC(=O)c1ccc(C(=O)OC)o1. The zero-order chi connectivity index (χ0) is 21.0. The molecule has 0 amide bonds. The summed E-state index contributed by atoms with van der Waals surface area (Å²) in [5, 5.41) is 15.4. The predicted octanol–water partition coefficient (Wildman–Crippen LogP) is 1.23. The first-order valence-electron chi connectivity index (χ1n) is 6.96. The van der Waals surface area contributed by atoms with Gasteiger partial charge in [0, 0.05) is 7.11 Å². The fourth-order valence-electron chi connectivity index (χ4n) is 1.42. The Bertz CT molecular complexity index is 738. The molecule has 11 heteroatoms. The molecule has 0 fully saturated rings. The number of aliphatic hydroxyl groups is 1. The Morgan fingerprint density at radius 1 is 0.667 bits per heavy atom. The third-order valence-corrected chi connectivity index (χ3v) is 2.58. The number of carbonyl (C=O) groups excluding carboxylic acids is 3. The normalized spacial score (nSPS) is 8.93. The highest BCUT2D eigenvalue weighted by Crippen LogP contribution is 2.10.